The molecular formula is C70H59N. The SMILES string of the molecule is CC(C)(C)c1ccc(C2(c3ccc(C(C)(C)C)cc3)c3ccccc3-c3c(N(c4ccc5c(c4)C(c4ccccc4)(c4ccccc4)c4ccccc4-5)c4ccccc4-c4ccccc4)cccc32)cc1. The van der Waals surface area contributed by atoms with E-state index in [-0.39, 0.29) is 10.8 Å². The van der Waals surface area contributed by atoms with E-state index in [0.717, 1.165) is 17.1 Å². The molecule has 2 aliphatic carbocycles. The molecular weight excluding hydrogens is 855 g/mol. The van der Waals surface area contributed by atoms with Gasteiger partial charge in [0.15, 0.2) is 0 Å². The van der Waals surface area contributed by atoms with Crippen molar-refractivity contribution in [2.75, 3.05) is 4.90 Å². The average Bonchev–Trinajstić information content (AvgIpc) is 3.88. The normalized spacial score (nSPS) is 14.0. The van der Waals surface area contributed by atoms with Crippen molar-refractivity contribution in [2.45, 2.75) is 63.2 Å². The summed E-state index contributed by atoms with van der Waals surface area (Å²) in [5, 5.41) is 0. The molecule has 71 heavy (non-hydrogen) atoms. The maximum Gasteiger partial charge on any atom is 0.0714 e. The van der Waals surface area contributed by atoms with Gasteiger partial charge in [0.1, 0.15) is 0 Å². The highest BCUT2D eigenvalue weighted by atomic mass is 15.1. The molecule has 0 saturated heterocycles. The Kier molecular flexibility index (Phi) is 10.5. The summed E-state index contributed by atoms with van der Waals surface area (Å²) in [4.78, 5) is 2.57. The lowest BCUT2D eigenvalue weighted by Crippen LogP contribution is -2.29. The van der Waals surface area contributed by atoms with E-state index in [1.807, 2.05) is 0 Å². The van der Waals surface area contributed by atoms with Crippen LogP contribution in [0.5, 0.6) is 0 Å². The third-order valence-corrected chi connectivity index (χ3v) is 15.6. The quantitative estimate of drug-likeness (QED) is 0.147. The van der Waals surface area contributed by atoms with Crippen molar-refractivity contribution in [2.24, 2.45) is 0 Å². The Morgan fingerprint density at radius 1 is 0.296 bits per heavy atom. The Balaban J connectivity index is 1.18. The Morgan fingerprint density at radius 2 is 0.704 bits per heavy atom. The number of fused-ring (bicyclic) bond motifs is 6. The second-order valence-electron chi connectivity index (χ2n) is 21.6. The minimum absolute atomic E-state index is 0.0151. The molecule has 0 aromatic heterocycles. The minimum Gasteiger partial charge on any atom is -0.309 e. The van der Waals surface area contributed by atoms with E-state index in [1.165, 1.54) is 89.0 Å². The van der Waals surface area contributed by atoms with Crippen LogP contribution in [-0.4, -0.2) is 0 Å². The molecule has 0 radical (unpaired) electrons. The Bertz CT molecular complexity index is 3470. The fourth-order valence-electron chi connectivity index (χ4n) is 12.2. The fourth-order valence-corrected chi connectivity index (χ4v) is 12.2. The van der Waals surface area contributed by atoms with Crippen LogP contribution in [0.3, 0.4) is 0 Å². The van der Waals surface area contributed by atoms with Gasteiger partial charge in [0.05, 0.1) is 22.2 Å². The standard InChI is InChI=1S/C70H59N/c1-67(2,3)49-37-41-53(42-38-49)69(54-43-39-50(40-44-54)68(4,5)6)61-33-20-17-31-59(61)66-62(69)34-22-36-65(66)71(64-35-21-18-29-56(64)48-23-10-7-11-24-48)55-45-46-58-57-30-16-19-32-60(57)70(63(58)47-55,51-25-12-8-13-26-51)52-27-14-9-15-28-52/h7-47H,1-6H3. The molecule has 0 aliphatic heterocycles. The molecule has 0 heterocycles. The minimum atomic E-state index is -0.602. The van der Waals surface area contributed by atoms with Gasteiger partial charge >= 0.3 is 0 Å². The zero-order valence-electron chi connectivity index (χ0n) is 41.6. The predicted molar refractivity (Wildman–Crippen MR) is 299 cm³/mol. The van der Waals surface area contributed by atoms with Crippen LogP contribution in [0.4, 0.5) is 17.1 Å². The predicted octanol–water partition coefficient (Wildman–Crippen LogP) is 18.1. The molecule has 1 nitrogen and oxygen atoms in total. The zero-order chi connectivity index (χ0) is 48.5. The van der Waals surface area contributed by atoms with Gasteiger partial charge in [-0.3, -0.25) is 0 Å². The molecule has 0 fully saturated rings. The third kappa shape index (κ3) is 6.89. The fraction of sp³-hybridized carbons (Fsp3) is 0.143. The van der Waals surface area contributed by atoms with E-state index in [0.29, 0.717) is 0 Å². The summed E-state index contributed by atoms with van der Waals surface area (Å²) >= 11 is 0. The van der Waals surface area contributed by atoms with Gasteiger partial charge in [-0.15, -0.1) is 0 Å². The number of rotatable bonds is 8. The first-order valence-electron chi connectivity index (χ1n) is 25.3. The van der Waals surface area contributed by atoms with Crippen molar-refractivity contribution in [1.29, 1.82) is 0 Å². The summed E-state index contributed by atoms with van der Waals surface area (Å²) in [5.74, 6) is 0. The van der Waals surface area contributed by atoms with Crippen LogP contribution < -0.4 is 4.90 Å². The van der Waals surface area contributed by atoms with Crippen LogP contribution in [0.25, 0.3) is 33.4 Å². The van der Waals surface area contributed by atoms with Gasteiger partial charge in [-0.25, -0.2) is 0 Å². The molecule has 344 valence electrons. The first-order chi connectivity index (χ1) is 34.5. The highest BCUT2D eigenvalue weighted by Crippen LogP contribution is 2.62. The lowest BCUT2D eigenvalue weighted by Gasteiger charge is -2.36. The Labute approximate surface area is 420 Å². The number of benzene rings is 10. The van der Waals surface area contributed by atoms with Crippen molar-refractivity contribution >= 4 is 17.1 Å². The van der Waals surface area contributed by atoms with Gasteiger partial charge in [0.25, 0.3) is 0 Å². The third-order valence-electron chi connectivity index (χ3n) is 15.6. The number of anilines is 3. The molecule has 0 atom stereocenters. The highest BCUT2D eigenvalue weighted by Gasteiger charge is 2.49. The topological polar surface area (TPSA) is 3.24 Å². The monoisotopic (exact) mass is 913 g/mol. The number of para-hydroxylation sites is 1. The lowest BCUT2D eigenvalue weighted by molar-refractivity contribution is 0.588. The van der Waals surface area contributed by atoms with Crippen LogP contribution in [0.1, 0.15) is 97.2 Å². The van der Waals surface area contributed by atoms with Crippen molar-refractivity contribution in [3.63, 3.8) is 0 Å². The molecule has 0 bridgehead atoms. The van der Waals surface area contributed by atoms with Crippen molar-refractivity contribution in [3.05, 3.63) is 304 Å². The first kappa shape index (κ1) is 44.2. The van der Waals surface area contributed by atoms with Crippen LogP contribution in [0.2, 0.25) is 0 Å². The Hall–Kier alpha value is -8.00. The van der Waals surface area contributed by atoms with E-state index < -0.39 is 10.8 Å². The van der Waals surface area contributed by atoms with Gasteiger partial charge in [0, 0.05) is 16.8 Å². The maximum absolute atomic E-state index is 2.57. The molecule has 0 N–H and O–H groups in total. The van der Waals surface area contributed by atoms with Gasteiger partial charge < -0.3 is 4.90 Å². The van der Waals surface area contributed by atoms with Crippen LogP contribution in [-0.2, 0) is 21.7 Å². The summed E-state index contributed by atoms with van der Waals surface area (Å²) < 4.78 is 0. The second kappa shape index (κ2) is 16.9. The average molecular weight is 914 g/mol. The molecule has 0 saturated carbocycles. The second-order valence-corrected chi connectivity index (χ2v) is 21.6. The summed E-state index contributed by atoms with van der Waals surface area (Å²) in [6, 6.07) is 93.9. The van der Waals surface area contributed by atoms with Crippen LogP contribution in [0, 0.1) is 0 Å². The van der Waals surface area contributed by atoms with Crippen LogP contribution in [0.15, 0.2) is 249 Å². The van der Waals surface area contributed by atoms with Gasteiger partial charge in [-0.05, 0) is 113 Å². The van der Waals surface area contributed by atoms with E-state index in [4.69, 9.17) is 0 Å². The van der Waals surface area contributed by atoms with Crippen molar-refractivity contribution < 1.29 is 0 Å². The van der Waals surface area contributed by atoms with Gasteiger partial charge in [-0.1, -0.05) is 266 Å². The van der Waals surface area contributed by atoms with E-state index >= 15 is 0 Å². The molecule has 0 amide bonds. The summed E-state index contributed by atoms with van der Waals surface area (Å²) in [5.41, 5.74) is 22.4. The first-order valence-corrected chi connectivity index (χ1v) is 25.3. The van der Waals surface area contributed by atoms with Gasteiger partial charge in [0.2, 0.25) is 0 Å². The molecule has 1 heteroatoms. The molecule has 10 aromatic carbocycles. The van der Waals surface area contributed by atoms with Gasteiger partial charge in [-0.2, -0.15) is 0 Å². The Morgan fingerprint density at radius 3 is 1.27 bits per heavy atom. The van der Waals surface area contributed by atoms with E-state index in [9.17, 15) is 0 Å². The molecule has 12 rings (SSSR count). The molecule has 0 unspecified atom stereocenters. The maximum atomic E-state index is 2.57. The zero-order valence-corrected chi connectivity index (χ0v) is 41.6. The largest absolute Gasteiger partial charge is 0.309 e. The summed E-state index contributed by atoms with van der Waals surface area (Å²) in [6.45, 7) is 13.8. The molecule has 2 aliphatic rings. The van der Waals surface area contributed by atoms with Crippen molar-refractivity contribution in [1.82, 2.24) is 0 Å². The lowest BCUT2D eigenvalue weighted by atomic mass is 9.67. The van der Waals surface area contributed by atoms with E-state index in [2.05, 4.69) is 295 Å². The number of nitrogens with zero attached hydrogens (tertiary/aromatic N) is 1. The smallest absolute Gasteiger partial charge is 0.0714 e. The summed E-state index contributed by atoms with van der Waals surface area (Å²) in [6.07, 6.45) is 0. The number of hydrogen-bond acceptors (Lipinski definition) is 1. The number of hydrogen-bond donors (Lipinski definition) is 0. The molecule has 10 aromatic rings. The van der Waals surface area contributed by atoms with E-state index in [1.54, 1.807) is 0 Å². The van der Waals surface area contributed by atoms with Crippen LogP contribution >= 0.6 is 0 Å². The van der Waals surface area contributed by atoms with Crippen molar-refractivity contribution in [3.8, 4) is 33.4 Å². The molecule has 0 spiro atoms. The highest BCUT2D eigenvalue weighted by molar-refractivity contribution is 6.00. The summed E-state index contributed by atoms with van der Waals surface area (Å²) in [7, 11) is 0.